The molecule has 254 valence electrons. The molecule has 0 unspecified atom stereocenters. The van der Waals surface area contributed by atoms with Crippen molar-refractivity contribution in [3.05, 3.63) is 69.8 Å². The number of benzene rings is 3. The van der Waals surface area contributed by atoms with Crippen LogP contribution in [0.4, 0.5) is 90.4 Å². The summed E-state index contributed by atoms with van der Waals surface area (Å²) < 4.78 is 252. The maximum Gasteiger partial charge on any atom is 0.420 e. The minimum atomic E-state index is -5.96. The van der Waals surface area contributed by atoms with E-state index < -0.39 is 129 Å². The van der Waals surface area contributed by atoms with Crippen LogP contribution in [0.15, 0.2) is 36.4 Å². The summed E-state index contributed by atoms with van der Waals surface area (Å²) in [6, 6.07) is -3.37. The van der Waals surface area contributed by atoms with Gasteiger partial charge in [0, 0.05) is 29.6 Å². The van der Waals surface area contributed by atoms with E-state index in [9.17, 15) is 79.0 Å². The summed E-state index contributed by atoms with van der Waals surface area (Å²) in [6.07, 6.45) is -34.7. The molecule has 0 amide bonds. The highest BCUT2D eigenvalue weighted by Crippen LogP contribution is 2.51. The van der Waals surface area contributed by atoms with Gasteiger partial charge in [-0.2, -0.15) is 79.0 Å². The van der Waals surface area contributed by atoms with Gasteiger partial charge in [-0.1, -0.05) is 0 Å². The average molecular weight is 700 g/mol. The zero-order valence-electron chi connectivity index (χ0n) is 21.2. The van der Waals surface area contributed by atoms with Gasteiger partial charge in [-0.05, 0) is 18.2 Å². The Morgan fingerprint density at radius 1 is 0.304 bits per heavy atom. The largest absolute Gasteiger partial charge is 0.456 e. The van der Waals surface area contributed by atoms with Gasteiger partial charge in [-0.3, -0.25) is 0 Å². The van der Waals surface area contributed by atoms with E-state index in [4.69, 9.17) is 11.5 Å². The fraction of sp³-hybridized carbons (Fsp3) is 0.250. The van der Waals surface area contributed by atoms with Crippen LogP contribution in [-0.4, -0.2) is 0 Å². The molecule has 3 aromatic carbocycles. The molecule has 4 N–H and O–H groups in total. The molecule has 3 aromatic rings. The van der Waals surface area contributed by atoms with Crippen LogP contribution in [0.25, 0.3) is 0 Å². The van der Waals surface area contributed by atoms with Crippen LogP contribution in [0.3, 0.4) is 0 Å². The number of ether oxygens (including phenoxy) is 2. The van der Waals surface area contributed by atoms with Gasteiger partial charge < -0.3 is 20.9 Å². The molecule has 22 heteroatoms. The third-order valence-electron chi connectivity index (χ3n) is 5.66. The Morgan fingerprint density at radius 2 is 0.500 bits per heavy atom. The highest BCUT2D eigenvalue weighted by Gasteiger charge is 2.46. The first-order chi connectivity index (χ1) is 20.4. The monoisotopic (exact) mass is 700 g/mol. The zero-order chi connectivity index (χ0) is 35.6. The van der Waals surface area contributed by atoms with Crippen molar-refractivity contribution in [2.75, 3.05) is 11.5 Å². The molecule has 0 aliphatic rings. The molecule has 0 fully saturated rings. The van der Waals surface area contributed by atoms with Gasteiger partial charge in [0.1, 0.15) is 23.0 Å². The molecule has 0 saturated carbocycles. The molecule has 0 spiro atoms. The lowest BCUT2D eigenvalue weighted by Gasteiger charge is -2.23. The van der Waals surface area contributed by atoms with E-state index in [-0.39, 0.29) is 12.1 Å². The summed E-state index contributed by atoms with van der Waals surface area (Å²) >= 11 is 0. The summed E-state index contributed by atoms with van der Waals surface area (Å²) in [7, 11) is 0. The lowest BCUT2D eigenvalue weighted by atomic mass is 10.0. The summed E-state index contributed by atoms with van der Waals surface area (Å²) in [5.74, 6) is -8.09. The Balaban J connectivity index is 2.38. The summed E-state index contributed by atoms with van der Waals surface area (Å²) in [5.41, 5.74) is -7.34. The zero-order valence-corrected chi connectivity index (χ0v) is 21.2. The van der Waals surface area contributed by atoms with Crippen LogP contribution in [0.2, 0.25) is 0 Å². The first-order valence-electron chi connectivity index (χ1n) is 11.3. The highest BCUT2D eigenvalue weighted by molar-refractivity contribution is 5.61. The Morgan fingerprint density at radius 3 is 0.717 bits per heavy atom. The molecule has 0 atom stereocenters. The van der Waals surface area contributed by atoms with Gasteiger partial charge in [0.2, 0.25) is 0 Å². The van der Waals surface area contributed by atoms with Crippen molar-refractivity contribution < 1.29 is 88.5 Å². The number of nitrogen functional groups attached to an aromatic ring is 2. The van der Waals surface area contributed by atoms with Crippen LogP contribution in [0.1, 0.15) is 33.4 Å². The van der Waals surface area contributed by atoms with E-state index in [0.717, 1.165) is 0 Å². The maximum atomic E-state index is 13.8. The number of hydrogen-bond acceptors (Lipinski definition) is 4. The van der Waals surface area contributed by atoms with Gasteiger partial charge in [0.05, 0.1) is 33.4 Å². The van der Waals surface area contributed by atoms with Crippen LogP contribution in [-0.2, 0) is 37.1 Å². The van der Waals surface area contributed by atoms with E-state index in [1.54, 1.807) is 0 Å². The van der Waals surface area contributed by atoms with E-state index in [2.05, 4.69) is 9.47 Å². The Bertz CT molecular complexity index is 1510. The molecule has 4 nitrogen and oxygen atoms in total. The molecule has 0 aliphatic heterocycles. The van der Waals surface area contributed by atoms with Gasteiger partial charge in [-0.15, -0.1) is 0 Å². The fourth-order valence-corrected chi connectivity index (χ4v) is 3.70. The molecular weight excluding hydrogens is 690 g/mol. The molecule has 0 aromatic heterocycles. The summed E-state index contributed by atoms with van der Waals surface area (Å²) in [4.78, 5) is 0. The highest BCUT2D eigenvalue weighted by atomic mass is 19.4. The second kappa shape index (κ2) is 11.1. The van der Waals surface area contributed by atoms with Gasteiger partial charge in [-0.25, -0.2) is 0 Å². The van der Waals surface area contributed by atoms with Crippen LogP contribution in [0, 0.1) is 0 Å². The lowest BCUT2D eigenvalue weighted by Crippen LogP contribution is -2.17. The normalized spacial score (nSPS) is 13.6. The van der Waals surface area contributed by atoms with Crippen molar-refractivity contribution in [1.29, 1.82) is 0 Å². The van der Waals surface area contributed by atoms with Crippen molar-refractivity contribution >= 4 is 11.4 Å². The van der Waals surface area contributed by atoms with Crippen molar-refractivity contribution in [3.8, 4) is 23.0 Å². The van der Waals surface area contributed by atoms with Gasteiger partial charge in [0.25, 0.3) is 0 Å². The Labute approximate surface area is 242 Å². The van der Waals surface area contributed by atoms with E-state index in [0.29, 0.717) is 0 Å². The van der Waals surface area contributed by atoms with Gasteiger partial charge >= 0.3 is 37.1 Å². The Kier molecular flexibility index (Phi) is 8.74. The number of alkyl halides is 18. The average Bonchev–Trinajstić information content (AvgIpc) is 2.79. The SMILES string of the molecule is Nc1cc(Oc2cc(Oc3cc(N)c(C(F)(F)F)cc3C(F)(F)F)c(C(F)(F)F)cc2C(F)(F)F)c(C(F)(F)F)cc1C(F)(F)F. The molecule has 0 bridgehead atoms. The molecule has 0 saturated heterocycles. The molecule has 0 radical (unpaired) electrons. The molecule has 3 rings (SSSR count). The van der Waals surface area contributed by atoms with Crippen LogP contribution in [0.5, 0.6) is 23.0 Å². The smallest absolute Gasteiger partial charge is 0.420 e. The minimum absolute atomic E-state index is 0.275. The third-order valence-corrected chi connectivity index (χ3v) is 5.66. The first kappa shape index (κ1) is 36.1. The first-order valence-corrected chi connectivity index (χ1v) is 11.3. The van der Waals surface area contributed by atoms with E-state index >= 15 is 0 Å². The second-order valence-electron chi connectivity index (χ2n) is 8.91. The molecule has 0 aliphatic carbocycles. The predicted molar refractivity (Wildman–Crippen MR) is 118 cm³/mol. The summed E-state index contributed by atoms with van der Waals surface area (Å²) in [5, 5.41) is 0. The maximum absolute atomic E-state index is 13.8. The second-order valence-corrected chi connectivity index (χ2v) is 8.91. The molecule has 46 heavy (non-hydrogen) atoms. The standard InChI is InChI=1S/C24H10F18N2O2/c25-19(26,27)7-1-9(21(31,32)33)15(4-13(7)43)45-17-6-18(12(24(40,41)42)3-11(17)23(37,38)39)46-16-5-14(44)8(20(28,29)30)2-10(16)22(34,35)36/h1-6H,43-44H2. The fourth-order valence-electron chi connectivity index (χ4n) is 3.70. The van der Waals surface area contributed by atoms with Crippen LogP contribution >= 0.6 is 0 Å². The quantitative estimate of drug-likeness (QED) is 0.210. The van der Waals surface area contributed by atoms with Crippen molar-refractivity contribution in [2.45, 2.75) is 37.1 Å². The van der Waals surface area contributed by atoms with Crippen molar-refractivity contribution in [3.63, 3.8) is 0 Å². The number of nitrogens with two attached hydrogens (primary N) is 2. The molecular formula is C24H10F18N2O2. The topological polar surface area (TPSA) is 70.5 Å². The predicted octanol–water partition coefficient (Wildman–Crippen LogP) is 10.5. The van der Waals surface area contributed by atoms with E-state index in [1.807, 2.05) is 0 Å². The number of anilines is 2. The number of hydrogen-bond donors (Lipinski definition) is 2. The van der Waals surface area contributed by atoms with Gasteiger partial charge in [0.15, 0.2) is 0 Å². The van der Waals surface area contributed by atoms with Crippen molar-refractivity contribution in [1.82, 2.24) is 0 Å². The third kappa shape index (κ3) is 7.69. The van der Waals surface area contributed by atoms with Crippen molar-refractivity contribution in [2.24, 2.45) is 0 Å². The van der Waals surface area contributed by atoms with Crippen LogP contribution < -0.4 is 20.9 Å². The number of halogens is 18. The minimum Gasteiger partial charge on any atom is -0.456 e. The number of rotatable bonds is 4. The lowest BCUT2D eigenvalue weighted by molar-refractivity contribution is -0.145. The molecule has 0 heterocycles. The Hall–Kier alpha value is -4.40. The van der Waals surface area contributed by atoms with E-state index in [1.165, 1.54) is 0 Å². The summed E-state index contributed by atoms with van der Waals surface area (Å²) in [6.45, 7) is 0.